The zero-order valence-electron chi connectivity index (χ0n) is 7.63. The Morgan fingerprint density at radius 3 is 2.77 bits per heavy atom. The van der Waals surface area contributed by atoms with E-state index in [-0.39, 0.29) is 11.8 Å². The van der Waals surface area contributed by atoms with Gasteiger partial charge in [-0.15, -0.1) is 0 Å². The van der Waals surface area contributed by atoms with Gasteiger partial charge in [0.2, 0.25) is 0 Å². The van der Waals surface area contributed by atoms with Crippen LogP contribution in [0.4, 0.5) is 0 Å². The normalized spacial score (nSPS) is 12.8. The number of aromatic hydroxyl groups is 1. The second-order valence-electron chi connectivity index (χ2n) is 3.30. The van der Waals surface area contributed by atoms with Crippen LogP contribution in [0, 0.1) is 0 Å². The summed E-state index contributed by atoms with van der Waals surface area (Å²) in [4.78, 5) is 0. The van der Waals surface area contributed by atoms with Gasteiger partial charge >= 0.3 is 0 Å². The molecule has 3 heteroatoms. The zero-order valence-corrected chi connectivity index (χ0v) is 9.21. The highest BCUT2D eigenvalue weighted by atomic mass is 79.9. The van der Waals surface area contributed by atoms with Crippen LogP contribution in [0.15, 0.2) is 22.7 Å². The van der Waals surface area contributed by atoms with Crippen LogP contribution in [0.1, 0.15) is 18.9 Å². The smallest absolute Gasteiger partial charge is 0.129 e. The molecule has 0 aromatic heterocycles. The highest BCUT2D eigenvalue weighted by Crippen LogP contribution is 2.24. The summed E-state index contributed by atoms with van der Waals surface area (Å²) in [6, 6.07) is 5.77. The SMILES string of the molecule is C[C@@H](N)CCc1ccc(O)c(Br)c1. The predicted octanol–water partition coefficient (Wildman–Crippen LogP) is 2.43. The molecule has 0 heterocycles. The van der Waals surface area contributed by atoms with Crippen molar-refractivity contribution < 1.29 is 5.11 Å². The largest absolute Gasteiger partial charge is 0.507 e. The van der Waals surface area contributed by atoms with Crippen LogP contribution in [0.5, 0.6) is 5.75 Å². The van der Waals surface area contributed by atoms with Crippen LogP contribution in [0.25, 0.3) is 0 Å². The van der Waals surface area contributed by atoms with Gasteiger partial charge in [-0.3, -0.25) is 0 Å². The third kappa shape index (κ3) is 3.36. The zero-order chi connectivity index (χ0) is 9.84. The van der Waals surface area contributed by atoms with Gasteiger partial charge in [-0.2, -0.15) is 0 Å². The Bertz CT molecular complexity index is 286. The molecule has 0 saturated heterocycles. The molecule has 0 aliphatic carbocycles. The molecule has 2 nitrogen and oxygen atoms in total. The van der Waals surface area contributed by atoms with E-state index in [9.17, 15) is 5.11 Å². The number of benzene rings is 1. The minimum Gasteiger partial charge on any atom is -0.507 e. The van der Waals surface area contributed by atoms with Crippen molar-refractivity contribution in [2.45, 2.75) is 25.8 Å². The maximum atomic E-state index is 9.25. The number of nitrogens with two attached hydrogens (primary N) is 1. The van der Waals surface area contributed by atoms with E-state index < -0.39 is 0 Å². The van der Waals surface area contributed by atoms with Crippen molar-refractivity contribution in [2.75, 3.05) is 0 Å². The summed E-state index contributed by atoms with van der Waals surface area (Å²) in [6.07, 6.45) is 1.92. The van der Waals surface area contributed by atoms with Crippen molar-refractivity contribution in [3.63, 3.8) is 0 Å². The fourth-order valence-electron chi connectivity index (χ4n) is 1.10. The number of phenols is 1. The van der Waals surface area contributed by atoms with Crippen molar-refractivity contribution in [3.8, 4) is 5.75 Å². The minimum atomic E-state index is 0.229. The quantitative estimate of drug-likeness (QED) is 0.857. The summed E-state index contributed by atoms with van der Waals surface area (Å²) in [5.74, 6) is 0.282. The number of phenolic OH excluding ortho intramolecular Hbond substituents is 1. The summed E-state index contributed by atoms with van der Waals surface area (Å²) in [6.45, 7) is 2.00. The van der Waals surface area contributed by atoms with Crippen LogP contribution in [-0.4, -0.2) is 11.1 Å². The summed E-state index contributed by atoms with van der Waals surface area (Å²) in [5, 5.41) is 9.25. The molecule has 1 atom stereocenters. The standard InChI is InChI=1S/C10H14BrNO/c1-7(12)2-3-8-4-5-10(13)9(11)6-8/h4-7,13H,2-3,12H2,1H3/t7-/m1/s1. The lowest BCUT2D eigenvalue weighted by atomic mass is 10.1. The van der Waals surface area contributed by atoms with E-state index in [0.29, 0.717) is 0 Å². The van der Waals surface area contributed by atoms with E-state index in [0.717, 1.165) is 17.3 Å². The van der Waals surface area contributed by atoms with Gasteiger partial charge in [0.25, 0.3) is 0 Å². The van der Waals surface area contributed by atoms with E-state index in [2.05, 4.69) is 15.9 Å². The Labute approximate surface area is 86.9 Å². The molecule has 1 aromatic rings. The second-order valence-corrected chi connectivity index (χ2v) is 4.16. The van der Waals surface area contributed by atoms with Gasteiger partial charge in [-0.05, 0) is 53.4 Å². The number of aryl methyl sites for hydroxylation is 1. The summed E-state index contributed by atoms with van der Waals surface area (Å²) < 4.78 is 0.745. The van der Waals surface area contributed by atoms with Gasteiger partial charge in [0.1, 0.15) is 5.75 Å². The van der Waals surface area contributed by atoms with Crippen LogP contribution in [0.2, 0.25) is 0 Å². The molecule has 0 saturated carbocycles. The van der Waals surface area contributed by atoms with E-state index >= 15 is 0 Å². The van der Waals surface area contributed by atoms with Gasteiger partial charge in [0, 0.05) is 6.04 Å². The van der Waals surface area contributed by atoms with Crippen molar-refractivity contribution in [1.82, 2.24) is 0 Å². The number of rotatable bonds is 3. The second kappa shape index (κ2) is 4.63. The molecule has 0 bridgehead atoms. The molecule has 0 fully saturated rings. The number of hydrogen-bond donors (Lipinski definition) is 2. The van der Waals surface area contributed by atoms with E-state index in [1.165, 1.54) is 5.56 Å². The molecule has 0 unspecified atom stereocenters. The number of halogens is 1. The lowest BCUT2D eigenvalue weighted by molar-refractivity contribution is 0.471. The first kappa shape index (κ1) is 10.5. The Kier molecular flexibility index (Phi) is 3.75. The van der Waals surface area contributed by atoms with Crippen molar-refractivity contribution in [3.05, 3.63) is 28.2 Å². The Balaban J connectivity index is 2.63. The first-order valence-electron chi connectivity index (χ1n) is 4.32. The lowest BCUT2D eigenvalue weighted by Gasteiger charge is -2.05. The van der Waals surface area contributed by atoms with Gasteiger partial charge in [-0.25, -0.2) is 0 Å². The summed E-state index contributed by atoms with van der Waals surface area (Å²) in [5.41, 5.74) is 6.84. The predicted molar refractivity (Wildman–Crippen MR) is 57.8 cm³/mol. The van der Waals surface area contributed by atoms with E-state index in [1.807, 2.05) is 19.1 Å². The van der Waals surface area contributed by atoms with E-state index in [4.69, 9.17) is 5.73 Å². The van der Waals surface area contributed by atoms with Crippen LogP contribution >= 0.6 is 15.9 Å². The van der Waals surface area contributed by atoms with Gasteiger partial charge in [0.05, 0.1) is 4.47 Å². The summed E-state index contributed by atoms with van der Waals surface area (Å²) >= 11 is 3.27. The van der Waals surface area contributed by atoms with Gasteiger partial charge in [0.15, 0.2) is 0 Å². The third-order valence-electron chi connectivity index (χ3n) is 1.90. The summed E-state index contributed by atoms with van der Waals surface area (Å²) in [7, 11) is 0. The molecule has 3 N–H and O–H groups in total. The fourth-order valence-corrected chi connectivity index (χ4v) is 1.53. The molecule has 13 heavy (non-hydrogen) atoms. The topological polar surface area (TPSA) is 46.2 Å². The first-order chi connectivity index (χ1) is 6.09. The average Bonchev–Trinajstić information content (AvgIpc) is 2.07. The highest BCUT2D eigenvalue weighted by molar-refractivity contribution is 9.10. The van der Waals surface area contributed by atoms with Crippen molar-refractivity contribution in [2.24, 2.45) is 5.73 Å². The van der Waals surface area contributed by atoms with Crippen molar-refractivity contribution in [1.29, 1.82) is 0 Å². The maximum absolute atomic E-state index is 9.25. The van der Waals surface area contributed by atoms with Crippen LogP contribution in [0.3, 0.4) is 0 Å². The van der Waals surface area contributed by atoms with Gasteiger partial charge < -0.3 is 10.8 Å². The molecule has 72 valence electrons. The van der Waals surface area contributed by atoms with Gasteiger partial charge in [-0.1, -0.05) is 6.07 Å². The average molecular weight is 244 g/mol. The molecule has 0 radical (unpaired) electrons. The first-order valence-corrected chi connectivity index (χ1v) is 5.12. The highest BCUT2D eigenvalue weighted by Gasteiger charge is 2.00. The Morgan fingerprint density at radius 1 is 1.54 bits per heavy atom. The Morgan fingerprint density at radius 2 is 2.23 bits per heavy atom. The molecular weight excluding hydrogens is 230 g/mol. The molecule has 1 rings (SSSR count). The lowest BCUT2D eigenvalue weighted by Crippen LogP contribution is -2.15. The molecule has 0 spiro atoms. The molecule has 0 aliphatic rings. The van der Waals surface area contributed by atoms with Crippen LogP contribution < -0.4 is 5.73 Å². The van der Waals surface area contributed by atoms with E-state index in [1.54, 1.807) is 6.07 Å². The maximum Gasteiger partial charge on any atom is 0.129 e. The Hall–Kier alpha value is -0.540. The van der Waals surface area contributed by atoms with Crippen molar-refractivity contribution >= 4 is 15.9 Å². The van der Waals surface area contributed by atoms with Crippen LogP contribution in [-0.2, 0) is 6.42 Å². The minimum absolute atomic E-state index is 0.229. The number of hydrogen-bond acceptors (Lipinski definition) is 2. The molecular formula is C10H14BrNO. The monoisotopic (exact) mass is 243 g/mol. The fraction of sp³-hybridized carbons (Fsp3) is 0.400. The molecule has 1 aromatic carbocycles. The third-order valence-corrected chi connectivity index (χ3v) is 2.54. The molecule has 0 amide bonds. The molecule has 0 aliphatic heterocycles.